The lowest BCUT2D eigenvalue weighted by Crippen LogP contribution is -2.43. The fourth-order valence-electron chi connectivity index (χ4n) is 1.31. The topological polar surface area (TPSA) is 55.3 Å². The number of nitrogens with zero attached hydrogens (tertiary/aromatic N) is 1. The Balaban J connectivity index is 2.71. The number of alkyl halides is 2. The molecule has 5 heteroatoms. The summed E-state index contributed by atoms with van der Waals surface area (Å²) in [6.07, 6.45) is -2.40. The second-order valence-corrected chi connectivity index (χ2v) is 3.34. The molecule has 0 saturated carbocycles. The van der Waals surface area contributed by atoms with Crippen molar-refractivity contribution < 1.29 is 8.78 Å². The van der Waals surface area contributed by atoms with E-state index in [1.807, 2.05) is 0 Å². The Morgan fingerprint density at radius 2 is 2.18 bits per heavy atom. The molecule has 1 heterocycles. The summed E-state index contributed by atoms with van der Waals surface area (Å²) in [5.41, 5.74) is 4.37. The van der Waals surface area contributed by atoms with Gasteiger partial charge in [0.05, 0.1) is 5.41 Å². The summed E-state index contributed by atoms with van der Waals surface area (Å²) < 4.78 is 24.8. The van der Waals surface area contributed by atoms with Crippen molar-refractivity contribution in [3.05, 3.63) is 0 Å². The highest BCUT2D eigenvalue weighted by molar-refractivity contribution is 4.96. The van der Waals surface area contributed by atoms with Gasteiger partial charge < -0.3 is 5.73 Å². The first-order chi connectivity index (χ1) is 4.97. The molecule has 0 bridgehead atoms. The van der Waals surface area contributed by atoms with Crippen molar-refractivity contribution >= 4 is 0 Å². The van der Waals surface area contributed by atoms with Gasteiger partial charge in [0.1, 0.15) is 0 Å². The number of hydrogen-bond donors (Lipinski definition) is 2. The van der Waals surface area contributed by atoms with Crippen molar-refractivity contribution in [2.75, 3.05) is 13.1 Å². The number of rotatable bonds is 1. The monoisotopic (exact) mass is 165 g/mol. The first-order valence-electron chi connectivity index (χ1n) is 3.50. The van der Waals surface area contributed by atoms with Crippen molar-refractivity contribution in [1.29, 1.82) is 0 Å². The van der Waals surface area contributed by atoms with Gasteiger partial charge in [0.25, 0.3) is 0 Å². The van der Waals surface area contributed by atoms with Crippen LogP contribution in [0.3, 0.4) is 0 Å². The largest absolute Gasteiger partial charge is 0.326 e. The summed E-state index contributed by atoms with van der Waals surface area (Å²) in [6, 6.07) is -0.521. The molecule has 0 aromatic rings. The van der Waals surface area contributed by atoms with E-state index >= 15 is 0 Å². The Labute approximate surface area is 64.3 Å². The van der Waals surface area contributed by atoms with Crippen LogP contribution in [-0.4, -0.2) is 30.6 Å². The maximum Gasteiger partial charge on any atom is 0.246 e. The average molecular weight is 165 g/mol. The number of hydrazine groups is 1. The molecule has 1 rings (SSSR count). The van der Waals surface area contributed by atoms with Gasteiger partial charge in [-0.1, -0.05) is 6.92 Å². The molecule has 1 saturated heterocycles. The van der Waals surface area contributed by atoms with Crippen molar-refractivity contribution in [1.82, 2.24) is 5.01 Å². The third-order valence-electron chi connectivity index (χ3n) is 2.32. The molecule has 2 atom stereocenters. The summed E-state index contributed by atoms with van der Waals surface area (Å²) in [7, 11) is 0. The van der Waals surface area contributed by atoms with Gasteiger partial charge in [0.15, 0.2) is 0 Å². The molecule has 0 spiro atoms. The molecule has 0 aromatic carbocycles. The quantitative estimate of drug-likeness (QED) is 0.528. The second-order valence-electron chi connectivity index (χ2n) is 3.34. The first-order valence-corrected chi connectivity index (χ1v) is 3.50. The number of halogens is 2. The molecule has 1 fully saturated rings. The summed E-state index contributed by atoms with van der Waals surface area (Å²) >= 11 is 0. The van der Waals surface area contributed by atoms with E-state index < -0.39 is 17.9 Å². The highest BCUT2D eigenvalue weighted by Gasteiger charge is 2.47. The van der Waals surface area contributed by atoms with Crippen LogP contribution >= 0.6 is 0 Å². The fourth-order valence-corrected chi connectivity index (χ4v) is 1.31. The van der Waals surface area contributed by atoms with E-state index in [1.54, 1.807) is 0 Å². The van der Waals surface area contributed by atoms with Crippen LogP contribution in [0.4, 0.5) is 8.78 Å². The summed E-state index contributed by atoms with van der Waals surface area (Å²) in [5, 5.41) is 1.34. The summed E-state index contributed by atoms with van der Waals surface area (Å²) in [6.45, 7) is 1.99. The minimum Gasteiger partial charge on any atom is -0.326 e. The molecule has 3 nitrogen and oxygen atoms in total. The molecule has 2 unspecified atom stereocenters. The predicted octanol–water partition coefficient (Wildman–Crippen LogP) is -0.226. The minimum absolute atomic E-state index is 0.172. The SMILES string of the molecule is CC1(C(F)F)CN(N)CC1N. The van der Waals surface area contributed by atoms with E-state index in [9.17, 15) is 8.78 Å². The van der Waals surface area contributed by atoms with E-state index in [0.717, 1.165) is 0 Å². The standard InChI is InChI=1S/C6H13F2N3/c1-6(5(7)8)3-11(10)2-4(6)9/h4-5H,2-3,9-10H2,1H3. The van der Waals surface area contributed by atoms with E-state index in [-0.39, 0.29) is 6.54 Å². The van der Waals surface area contributed by atoms with Gasteiger partial charge >= 0.3 is 0 Å². The summed E-state index contributed by atoms with van der Waals surface area (Å²) in [5.74, 6) is 5.36. The van der Waals surface area contributed by atoms with E-state index in [1.165, 1.54) is 11.9 Å². The zero-order chi connectivity index (χ0) is 8.65. The third kappa shape index (κ3) is 1.36. The van der Waals surface area contributed by atoms with Crippen molar-refractivity contribution in [2.24, 2.45) is 17.0 Å². The van der Waals surface area contributed by atoms with E-state index in [2.05, 4.69) is 0 Å². The van der Waals surface area contributed by atoms with Gasteiger partial charge in [0, 0.05) is 19.1 Å². The van der Waals surface area contributed by atoms with Gasteiger partial charge in [-0.05, 0) is 0 Å². The molecule has 11 heavy (non-hydrogen) atoms. The molecule has 66 valence electrons. The molecule has 4 N–H and O–H groups in total. The lowest BCUT2D eigenvalue weighted by Gasteiger charge is -2.26. The van der Waals surface area contributed by atoms with E-state index in [0.29, 0.717) is 6.54 Å². The van der Waals surface area contributed by atoms with Gasteiger partial charge in [-0.25, -0.2) is 13.8 Å². The average Bonchev–Trinajstić information content (AvgIpc) is 2.08. The Morgan fingerprint density at radius 1 is 1.64 bits per heavy atom. The highest BCUT2D eigenvalue weighted by Crippen LogP contribution is 2.33. The first kappa shape index (κ1) is 8.83. The van der Waals surface area contributed by atoms with Gasteiger partial charge in [-0.3, -0.25) is 5.84 Å². The van der Waals surface area contributed by atoms with Crippen molar-refractivity contribution in [3.63, 3.8) is 0 Å². The molecule has 0 radical (unpaired) electrons. The van der Waals surface area contributed by atoms with Gasteiger partial charge in [-0.15, -0.1) is 0 Å². The molecular formula is C6H13F2N3. The molecule has 0 amide bonds. The maximum absolute atomic E-state index is 12.4. The van der Waals surface area contributed by atoms with Crippen LogP contribution in [0, 0.1) is 5.41 Å². The van der Waals surface area contributed by atoms with Crippen LogP contribution in [0.2, 0.25) is 0 Å². The maximum atomic E-state index is 12.4. The molecular weight excluding hydrogens is 152 g/mol. The zero-order valence-corrected chi connectivity index (χ0v) is 6.43. The molecule has 0 aromatic heterocycles. The van der Waals surface area contributed by atoms with Crippen LogP contribution in [0.25, 0.3) is 0 Å². The Bertz CT molecular complexity index is 153. The van der Waals surface area contributed by atoms with Crippen LogP contribution in [-0.2, 0) is 0 Å². The molecule has 1 aliphatic heterocycles. The summed E-state index contributed by atoms with van der Waals surface area (Å²) in [4.78, 5) is 0. The van der Waals surface area contributed by atoms with Crippen LogP contribution in [0.5, 0.6) is 0 Å². The van der Waals surface area contributed by atoms with Crippen LogP contribution in [0.1, 0.15) is 6.92 Å². The van der Waals surface area contributed by atoms with Crippen LogP contribution < -0.4 is 11.6 Å². The van der Waals surface area contributed by atoms with Gasteiger partial charge in [-0.2, -0.15) is 0 Å². The minimum atomic E-state index is -2.40. The van der Waals surface area contributed by atoms with Crippen molar-refractivity contribution in [2.45, 2.75) is 19.4 Å². The zero-order valence-electron chi connectivity index (χ0n) is 6.43. The Hall–Kier alpha value is -0.260. The third-order valence-corrected chi connectivity index (χ3v) is 2.32. The lowest BCUT2D eigenvalue weighted by atomic mass is 9.86. The smallest absolute Gasteiger partial charge is 0.246 e. The number of hydrogen-bond acceptors (Lipinski definition) is 3. The van der Waals surface area contributed by atoms with Crippen molar-refractivity contribution in [3.8, 4) is 0 Å². The Morgan fingerprint density at radius 3 is 2.36 bits per heavy atom. The van der Waals surface area contributed by atoms with E-state index in [4.69, 9.17) is 11.6 Å². The van der Waals surface area contributed by atoms with Gasteiger partial charge in [0.2, 0.25) is 6.43 Å². The fraction of sp³-hybridized carbons (Fsp3) is 1.00. The molecule has 1 aliphatic rings. The van der Waals surface area contributed by atoms with Crippen LogP contribution in [0.15, 0.2) is 0 Å². The lowest BCUT2D eigenvalue weighted by molar-refractivity contribution is 0.00537. The second kappa shape index (κ2) is 2.66. The normalized spacial score (nSPS) is 40.4. The highest BCUT2D eigenvalue weighted by atomic mass is 19.3. The predicted molar refractivity (Wildman–Crippen MR) is 37.8 cm³/mol. The number of nitrogens with two attached hydrogens (primary N) is 2. The Kier molecular flexibility index (Phi) is 2.13. The molecule has 0 aliphatic carbocycles.